The van der Waals surface area contributed by atoms with E-state index in [4.69, 9.17) is 0 Å². The van der Waals surface area contributed by atoms with Crippen LogP contribution in [0.15, 0.2) is 54.6 Å². The van der Waals surface area contributed by atoms with Gasteiger partial charge in [-0.3, -0.25) is 4.79 Å². The van der Waals surface area contributed by atoms with Crippen molar-refractivity contribution in [1.82, 2.24) is 4.72 Å². The molecule has 0 fully saturated rings. The van der Waals surface area contributed by atoms with Crippen molar-refractivity contribution in [2.45, 2.75) is 19.8 Å². The molecule has 24 heavy (non-hydrogen) atoms. The summed E-state index contributed by atoms with van der Waals surface area (Å²) in [5, 5.41) is 2.67. The summed E-state index contributed by atoms with van der Waals surface area (Å²) in [5.74, 6) is -0.433. The molecule has 0 aliphatic heterocycles. The zero-order chi connectivity index (χ0) is 17.4. The highest BCUT2D eigenvalue weighted by atomic mass is 32.2. The Hall–Kier alpha value is -2.18. The minimum atomic E-state index is -3.49. The van der Waals surface area contributed by atoms with Gasteiger partial charge in [0, 0.05) is 5.69 Å². The first-order valence-electron chi connectivity index (χ1n) is 7.88. The summed E-state index contributed by atoms with van der Waals surface area (Å²) in [5.41, 5.74) is 2.78. The quantitative estimate of drug-likeness (QED) is 0.770. The Morgan fingerprint density at radius 2 is 1.62 bits per heavy atom. The number of nitrogens with one attached hydrogen (secondary N) is 2. The molecular formula is C18H22N2O3S. The standard InChI is InChI=1S/C18H22N2O3S/c1-2-15-8-10-17(11-9-15)20-18(21)14-19-24(22,23)13-12-16-6-4-3-5-7-16/h3-11,19H,2,12-14H2,1H3,(H,20,21). The van der Waals surface area contributed by atoms with Gasteiger partial charge in [0.2, 0.25) is 15.9 Å². The van der Waals surface area contributed by atoms with E-state index in [9.17, 15) is 13.2 Å². The molecule has 1 amide bonds. The number of anilines is 1. The first kappa shape index (κ1) is 18.2. The minimum Gasteiger partial charge on any atom is -0.325 e. The molecular weight excluding hydrogens is 324 g/mol. The Morgan fingerprint density at radius 1 is 0.958 bits per heavy atom. The molecule has 0 saturated heterocycles. The van der Waals surface area contributed by atoms with Crippen LogP contribution in [0.3, 0.4) is 0 Å². The van der Waals surface area contributed by atoms with Crippen molar-refractivity contribution >= 4 is 21.6 Å². The summed E-state index contributed by atoms with van der Waals surface area (Å²) in [6.07, 6.45) is 1.34. The van der Waals surface area contributed by atoms with Gasteiger partial charge in [-0.2, -0.15) is 0 Å². The second-order valence-electron chi connectivity index (χ2n) is 5.47. The maximum Gasteiger partial charge on any atom is 0.239 e. The van der Waals surface area contributed by atoms with E-state index in [-0.39, 0.29) is 18.2 Å². The highest BCUT2D eigenvalue weighted by Gasteiger charge is 2.12. The molecule has 0 bridgehead atoms. The third kappa shape index (κ3) is 6.14. The molecule has 0 aromatic heterocycles. The fraction of sp³-hybridized carbons (Fsp3) is 0.278. The second-order valence-corrected chi connectivity index (χ2v) is 7.40. The van der Waals surface area contributed by atoms with Crippen LogP contribution in [-0.2, 0) is 27.7 Å². The second kappa shape index (κ2) is 8.61. The van der Waals surface area contributed by atoms with Crippen LogP contribution in [0.4, 0.5) is 5.69 Å². The van der Waals surface area contributed by atoms with Gasteiger partial charge in [-0.1, -0.05) is 49.4 Å². The Labute approximate surface area is 143 Å². The van der Waals surface area contributed by atoms with Crippen molar-refractivity contribution in [3.8, 4) is 0 Å². The molecule has 2 N–H and O–H groups in total. The average molecular weight is 346 g/mol. The SMILES string of the molecule is CCc1ccc(NC(=O)CNS(=O)(=O)CCc2ccccc2)cc1. The molecule has 0 spiro atoms. The summed E-state index contributed by atoms with van der Waals surface area (Å²) < 4.78 is 26.2. The van der Waals surface area contributed by atoms with E-state index >= 15 is 0 Å². The monoisotopic (exact) mass is 346 g/mol. The van der Waals surface area contributed by atoms with Gasteiger partial charge in [0.15, 0.2) is 0 Å². The van der Waals surface area contributed by atoms with Crippen molar-refractivity contribution in [1.29, 1.82) is 0 Å². The largest absolute Gasteiger partial charge is 0.325 e. The zero-order valence-electron chi connectivity index (χ0n) is 13.7. The topological polar surface area (TPSA) is 75.3 Å². The van der Waals surface area contributed by atoms with Crippen molar-refractivity contribution in [2.75, 3.05) is 17.6 Å². The number of amides is 1. The summed E-state index contributed by atoms with van der Waals surface area (Å²) >= 11 is 0. The summed E-state index contributed by atoms with van der Waals surface area (Å²) in [4.78, 5) is 11.8. The van der Waals surface area contributed by atoms with E-state index in [1.807, 2.05) is 42.5 Å². The molecule has 128 valence electrons. The Morgan fingerprint density at radius 3 is 2.25 bits per heavy atom. The molecule has 6 heteroatoms. The van der Waals surface area contributed by atoms with Gasteiger partial charge in [-0.25, -0.2) is 13.1 Å². The predicted molar refractivity (Wildman–Crippen MR) is 96.4 cm³/mol. The van der Waals surface area contributed by atoms with Crippen LogP contribution in [0.2, 0.25) is 0 Å². The highest BCUT2D eigenvalue weighted by molar-refractivity contribution is 7.89. The highest BCUT2D eigenvalue weighted by Crippen LogP contribution is 2.09. The van der Waals surface area contributed by atoms with Crippen LogP contribution < -0.4 is 10.0 Å². The molecule has 0 atom stereocenters. The molecule has 2 rings (SSSR count). The van der Waals surface area contributed by atoms with Gasteiger partial charge in [-0.05, 0) is 36.1 Å². The number of benzene rings is 2. The number of hydrogen-bond donors (Lipinski definition) is 2. The molecule has 0 aliphatic carbocycles. The van der Waals surface area contributed by atoms with E-state index < -0.39 is 10.0 Å². The molecule has 0 heterocycles. The molecule has 0 saturated carbocycles. The molecule has 2 aromatic carbocycles. The third-order valence-electron chi connectivity index (χ3n) is 3.60. The smallest absolute Gasteiger partial charge is 0.239 e. The molecule has 0 aliphatic rings. The molecule has 2 aromatic rings. The normalized spacial score (nSPS) is 11.2. The number of carbonyl (C=O) groups excluding carboxylic acids is 1. The average Bonchev–Trinajstić information content (AvgIpc) is 2.60. The maximum atomic E-state index is 12.0. The summed E-state index contributed by atoms with van der Waals surface area (Å²) in [7, 11) is -3.49. The number of sulfonamides is 1. The summed E-state index contributed by atoms with van der Waals surface area (Å²) in [6, 6.07) is 16.8. The van der Waals surface area contributed by atoms with Gasteiger partial charge < -0.3 is 5.32 Å². The van der Waals surface area contributed by atoms with E-state index in [1.54, 1.807) is 12.1 Å². The van der Waals surface area contributed by atoms with Crippen molar-refractivity contribution in [3.63, 3.8) is 0 Å². The predicted octanol–water partition coefficient (Wildman–Crippen LogP) is 2.35. The van der Waals surface area contributed by atoms with Crippen LogP contribution in [0.1, 0.15) is 18.1 Å². The van der Waals surface area contributed by atoms with Crippen molar-refractivity contribution in [2.24, 2.45) is 0 Å². The Bertz CT molecular complexity index is 757. The number of hydrogen-bond acceptors (Lipinski definition) is 3. The Balaban J connectivity index is 1.79. The van der Waals surface area contributed by atoms with Crippen LogP contribution >= 0.6 is 0 Å². The van der Waals surface area contributed by atoms with E-state index in [2.05, 4.69) is 17.0 Å². The van der Waals surface area contributed by atoms with Crippen LogP contribution in [0, 0.1) is 0 Å². The maximum absolute atomic E-state index is 12.0. The lowest BCUT2D eigenvalue weighted by Gasteiger charge is -2.08. The molecule has 0 radical (unpaired) electrons. The molecule has 5 nitrogen and oxygen atoms in total. The lowest BCUT2D eigenvalue weighted by molar-refractivity contribution is -0.115. The number of rotatable bonds is 8. The van der Waals surface area contributed by atoms with Gasteiger partial charge in [0.1, 0.15) is 0 Å². The fourth-order valence-corrected chi connectivity index (χ4v) is 3.17. The lowest BCUT2D eigenvalue weighted by Crippen LogP contribution is -2.34. The van der Waals surface area contributed by atoms with Gasteiger partial charge in [0.05, 0.1) is 12.3 Å². The van der Waals surface area contributed by atoms with Crippen LogP contribution in [0.5, 0.6) is 0 Å². The van der Waals surface area contributed by atoms with E-state index in [0.29, 0.717) is 12.1 Å². The van der Waals surface area contributed by atoms with Crippen molar-refractivity contribution in [3.05, 3.63) is 65.7 Å². The van der Waals surface area contributed by atoms with Crippen LogP contribution in [-0.4, -0.2) is 26.6 Å². The van der Waals surface area contributed by atoms with Crippen LogP contribution in [0.25, 0.3) is 0 Å². The third-order valence-corrected chi connectivity index (χ3v) is 4.93. The lowest BCUT2D eigenvalue weighted by atomic mass is 10.1. The first-order valence-corrected chi connectivity index (χ1v) is 9.54. The van der Waals surface area contributed by atoms with E-state index in [1.165, 1.54) is 5.56 Å². The zero-order valence-corrected chi connectivity index (χ0v) is 14.5. The number of aryl methyl sites for hydroxylation is 2. The Kier molecular flexibility index (Phi) is 6.52. The van der Waals surface area contributed by atoms with E-state index in [0.717, 1.165) is 12.0 Å². The fourth-order valence-electron chi connectivity index (χ4n) is 2.17. The minimum absolute atomic E-state index is 0.0461. The molecule has 0 unspecified atom stereocenters. The number of carbonyl (C=O) groups is 1. The van der Waals surface area contributed by atoms with Gasteiger partial charge >= 0.3 is 0 Å². The van der Waals surface area contributed by atoms with Crippen molar-refractivity contribution < 1.29 is 13.2 Å². The van der Waals surface area contributed by atoms with Gasteiger partial charge in [0.25, 0.3) is 0 Å². The first-order chi connectivity index (χ1) is 11.5. The summed E-state index contributed by atoms with van der Waals surface area (Å²) in [6.45, 7) is 1.78. The van der Waals surface area contributed by atoms with Gasteiger partial charge in [-0.15, -0.1) is 0 Å².